The second-order valence-corrected chi connectivity index (χ2v) is 6.22. The second-order valence-electron chi connectivity index (χ2n) is 6.22. The van der Waals surface area contributed by atoms with Gasteiger partial charge in [0, 0.05) is 31.0 Å². The van der Waals surface area contributed by atoms with Crippen LogP contribution in [0.3, 0.4) is 0 Å². The van der Waals surface area contributed by atoms with Gasteiger partial charge in [-0.1, -0.05) is 18.2 Å². The third-order valence-electron chi connectivity index (χ3n) is 4.12. The van der Waals surface area contributed by atoms with E-state index in [4.69, 9.17) is 4.74 Å². The number of para-hydroxylation sites is 1. The smallest absolute Gasteiger partial charge is 0.247 e. The topological polar surface area (TPSA) is 58.6 Å². The Morgan fingerprint density at radius 3 is 2.90 bits per heavy atom. The van der Waals surface area contributed by atoms with Crippen molar-refractivity contribution in [3.05, 3.63) is 29.8 Å². The van der Waals surface area contributed by atoms with Gasteiger partial charge in [0.05, 0.1) is 6.61 Å². The minimum absolute atomic E-state index is 0.0299. The minimum atomic E-state index is -0.841. The first-order valence-electron chi connectivity index (χ1n) is 7.29. The number of amides is 2. The number of nitrogens with zero attached hydrogens (tertiary/aromatic N) is 1. The largest absolute Gasteiger partial charge is 0.493 e. The van der Waals surface area contributed by atoms with Gasteiger partial charge in [-0.05, 0) is 19.9 Å². The van der Waals surface area contributed by atoms with Gasteiger partial charge in [-0.2, -0.15) is 0 Å². The Labute approximate surface area is 124 Å². The van der Waals surface area contributed by atoms with E-state index in [1.165, 1.54) is 0 Å². The van der Waals surface area contributed by atoms with Gasteiger partial charge in [0.2, 0.25) is 11.8 Å². The molecule has 1 fully saturated rings. The summed E-state index contributed by atoms with van der Waals surface area (Å²) in [6.07, 6.45) is 0.352. The standard InChI is InChI=1S/C16H20N2O3/c1-16(2)15(20)18(8-7-14(19)17-16)9-11-10-21-13-6-4-3-5-12(11)13/h3-6,11H,7-10H2,1-2H3,(H,17,19). The van der Waals surface area contributed by atoms with Crippen LogP contribution in [0.5, 0.6) is 5.75 Å². The van der Waals surface area contributed by atoms with Crippen molar-refractivity contribution in [1.29, 1.82) is 0 Å². The van der Waals surface area contributed by atoms with Crippen molar-refractivity contribution in [3.63, 3.8) is 0 Å². The van der Waals surface area contributed by atoms with E-state index in [0.29, 0.717) is 26.1 Å². The Morgan fingerprint density at radius 2 is 2.10 bits per heavy atom. The molecule has 112 valence electrons. The summed E-state index contributed by atoms with van der Waals surface area (Å²) in [6, 6.07) is 7.93. The minimum Gasteiger partial charge on any atom is -0.493 e. The normalized spacial score (nSPS) is 24.1. The van der Waals surface area contributed by atoms with Crippen LogP contribution < -0.4 is 10.1 Å². The number of ether oxygens (including phenoxy) is 1. The van der Waals surface area contributed by atoms with Gasteiger partial charge in [-0.15, -0.1) is 0 Å². The Morgan fingerprint density at radius 1 is 1.33 bits per heavy atom. The summed E-state index contributed by atoms with van der Waals surface area (Å²) in [5.74, 6) is 0.976. The van der Waals surface area contributed by atoms with Crippen molar-refractivity contribution in [2.75, 3.05) is 19.7 Å². The lowest BCUT2D eigenvalue weighted by molar-refractivity contribution is -0.137. The number of hydrogen-bond donors (Lipinski definition) is 1. The molecule has 1 atom stereocenters. The van der Waals surface area contributed by atoms with Crippen LogP contribution in [-0.2, 0) is 9.59 Å². The van der Waals surface area contributed by atoms with E-state index in [1.54, 1.807) is 18.7 Å². The second kappa shape index (κ2) is 5.06. The number of rotatable bonds is 2. The summed E-state index contributed by atoms with van der Waals surface area (Å²) in [5.41, 5.74) is 0.304. The lowest BCUT2D eigenvalue weighted by Gasteiger charge is -2.30. The molecule has 2 heterocycles. The van der Waals surface area contributed by atoms with Gasteiger partial charge in [0.15, 0.2) is 0 Å². The Hall–Kier alpha value is -2.04. The molecule has 2 aliphatic heterocycles. The van der Waals surface area contributed by atoms with Crippen molar-refractivity contribution >= 4 is 11.8 Å². The fraction of sp³-hybridized carbons (Fsp3) is 0.500. The Bertz CT molecular complexity index is 583. The lowest BCUT2D eigenvalue weighted by Crippen LogP contribution is -2.53. The maximum Gasteiger partial charge on any atom is 0.247 e. The predicted octanol–water partition coefficient (Wildman–Crippen LogP) is 1.29. The van der Waals surface area contributed by atoms with Crippen LogP contribution in [0.2, 0.25) is 0 Å². The van der Waals surface area contributed by atoms with E-state index in [9.17, 15) is 9.59 Å². The average Bonchev–Trinajstić information content (AvgIpc) is 2.81. The van der Waals surface area contributed by atoms with Gasteiger partial charge >= 0.3 is 0 Å². The lowest BCUT2D eigenvalue weighted by atomic mass is 9.99. The number of benzene rings is 1. The maximum absolute atomic E-state index is 12.6. The van der Waals surface area contributed by atoms with E-state index in [2.05, 4.69) is 5.32 Å². The number of fused-ring (bicyclic) bond motifs is 1. The highest BCUT2D eigenvalue weighted by Crippen LogP contribution is 2.34. The van der Waals surface area contributed by atoms with Crippen LogP contribution in [0, 0.1) is 0 Å². The molecule has 0 radical (unpaired) electrons. The predicted molar refractivity (Wildman–Crippen MR) is 78.1 cm³/mol. The molecule has 0 aromatic heterocycles. The van der Waals surface area contributed by atoms with Gasteiger partial charge in [-0.25, -0.2) is 0 Å². The molecule has 5 nitrogen and oxygen atoms in total. The molecule has 1 N–H and O–H groups in total. The molecule has 0 saturated carbocycles. The van der Waals surface area contributed by atoms with Crippen molar-refractivity contribution in [2.45, 2.75) is 31.7 Å². The van der Waals surface area contributed by atoms with E-state index < -0.39 is 5.54 Å². The first-order valence-corrected chi connectivity index (χ1v) is 7.29. The first kappa shape index (κ1) is 13.9. The van der Waals surface area contributed by atoms with Crippen molar-refractivity contribution in [3.8, 4) is 5.75 Å². The summed E-state index contributed by atoms with van der Waals surface area (Å²) in [7, 11) is 0. The molecule has 1 unspecified atom stereocenters. The zero-order chi connectivity index (χ0) is 15.0. The molecular formula is C16H20N2O3. The van der Waals surface area contributed by atoms with E-state index in [1.807, 2.05) is 24.3 Å². The fourth-order valence-electron chi connectivity index (χ4n) is 3.02. The molecule has 1 aromatic carbocycles. The van der Waals surface area contributed by atoms with Crippen LogP contribution in [0.15, 0.2) is 24.3 Å². The molecule has 0 aliphatic carbocycles. The highest BCUT2D eigenvalue weighted by atomic mass is 16.5. The Balaban J connectivity index is 1.78. The summed E-state index contributed by atoms with van der Waals surface area (Å²) in [5, 5.41) is 2.78. The molecular weight excluding hydrogens is 268 g/mol. The maximum atomic E-state index is 12.6. The molecule has 1 saturated heterocycles. The average molecular weight is 288 g/mol. The van der Waals surface area contributed by atoms with Crippen LogP contribution in [0.25, 0.3) is 0 Å². The highest BCUT2D eigenvalue weighted by Gasteiger charge is 2.38. The van der Waals surface area contributed by atoms with Crippen LogP contribution in [0.4, 0.5) is 0 Å². The molecule has 0 bridgehead atoms. The molecule has 2 amide bonds. The summed E-state index contributed by atoms with van der Waals surface area (Å²) < 4.78 is 5.67. The van der Waals surface area contributed by atoms with Crippen molar-refractivity contribution in [1.82, 2.24) is 10.2 Å². The number of carbonyl (C=O) groups excluding carboxylic acids is 2. The molecule has 21 heavy (non-hydrogen) atoms. The van der Waals surface area contributed by atoms with Gasteiger partial charge in [-0.3, -0.25) is 9.59 Å². The summed E-state index contributed by atoms with van der Waals surface area (Å²) >= 11 is 0. The summed E-state index contributed by atoms with van der Waals surface area (Å²) in [6.45, 7) is 5.15. The molecule has 0 spiro atoms. The van der Waals surface area contributed by atoms with Crippen LogP contribution >= 0.6 is 0 Å². The van der Waals surface area contributed by atoms with Gasteiger partial charge in [0.1, 0.15) is 11.3 Å². The molecule has 2 aliphatic rings. The van der Waals surface area contributed by atoms with Gasteiger partial charge in [0.25, 0.3) is 0 Å². The highest BCUT2D eigenvalue weighted by molar-refractivity contribution is 5.92. The molecule has 5 heteroatoms. The zero-order valence-corrected chi connectivity index (χ0v) is 12.4. The number of hydrogen-bond acceptors (Lipinski definition) is 3. The van der Waals surface area contributed by atoms with Crippen LogP contribution in [-0.4, -0.2) is 41.9 Å². The van der Waals surface area contributed by atoms with E-state index in [0.717, 1.165) is 11.3 Å². The zero-order valence-electron chi connectivity index (χ0n) is 12.4. The number of nitrogens with one attached hydrogen (secondary N) is 1. The van der Waals surface area contributed by atoms with Crippen molar-refractivity contribution < 1.29 is 14.3 Å². The van der Waals surface area contributed by atoms with Crippen LogP contribution in [0.1, 0.15) is 31.7 Å². The first-order chi connectivity index (χ1) is 9.97. The molecule has 3 rings (SSSR count). The monoisotopic (exact) mass is 288 g/mol. The van der Waals surface area contributed by atoms with Gasteiger partial charge < -0.3 is 15.0 Å². The summed E-state index contributed by atoms with van der Waals surface area (Å²) in [4.78, 5) is 26.1. The fourth-order valence-corrected chi connectivity index (χ4v) is 3.02. The quantitative estimate of drug-likeness (QED) is 0.892. The SMILES string of the molecule is CC1(C)NC(=O)CCN(CC2COc3ccccc32)C1=O. The van der Waals surface area contributed by atoms with Crippen molar-refractivity contribution in [2.24, 2.45) is 0 Å². The van der Waals surface area contributed by atoms with E-state index >= 15 is 0 Å². The third-order valence-corrected chi connectivity index (χ3v) is 4.12. The molecule has 1 aromatic rings. The Kier molecular flexibility index (Phi) is 3.35. The number of carbonyl (C=O) groups is 2. The third kappa shape index (κ3) is 2.60. The van der Waals surface area contributed by atoms with E-state index in [-0.39, 0.29) is 17.7 Å².